The lowest BCUT2D eigenvalue weighted by Crippen LogP contribution is -2.19. The summed E-state index contributed by atoms with van der Waals surface area (Å²) in [6.45, 7) is 1.68. The van der Waals surface area contributed by atoms with Crippen molar-refractivity contribution in [2.45, 2.75) is 18.3 Å². The molecule has 0 spiro atoms. The zero-order valence-corrected chi connectivity index (χ0v) is 13.2. The molecule has 0 aliphatic heterocycles. The van der Waals surface area contributed by atoms with Crippen molar-refractivity contribution in [1.82, 2.24) is 19.6 Å². The van der Waals surface area contributed by atoms with E-state index >= 15 is 0 Å². The van der Waals surface area contributed by atoms with Gasteiger partial charge < -0.3 is 0 Å². The van der Waals surface area contributed by atoms with Crippen LogP contribution >= 0.6 is 0 Å². The molecule has 25 heavy (non-hydrogen) atoms. The van der Waals surface area contributed by atoms with Crippen LogP contribution in [0, 0.1) is 12.7 Å². The molecule has 0 aliphatic carbocycles. The van der Waals surface area contributed by atoms with E-state index < -0.39 is 38.4 Å². The average molecular weight is 375 g/mol. The molecule has 1 N–H and O–H groups in total. The number of rotatable bonds is 3. The summed E-state index contributed by atoms with van der Waals surface area (Å²) in [5, 5.41) is 2.82. The summed E-state index contributed by atoms with van der Waals surface area (Å²) < 4.78 is 79.9. The van der Waals surface area contributed by atoms with Crippen molar-refractivity contribution < 1.29 is 26.0 Å². The molecule has 0 aliphatic rings. The lowest BCUT2D eigenvalue weighted by molar-refractivity contribution is -0.137. The molecule has 0 fully saturated rings. The Hall–Kier alpha value is -2.76. The Labute approximate surface area is 138 Å². The van der Waals surface area contributed by atoms with Crippen LogP contribution in [0.25, 0.3) is 5.78 Å². The smallest absolute Gasteiger partial charge is 0.273 e. The van der Waals surface area contributed by atoms with Crippen LogP contribution in [-0.4, -0.2) is 28.0 Å². The van der Waals surface area contributed by atoms with Gasteiger partial charge in [-0.2, -0.15) is 26.6 Å². The van der Waals surface area contributed by atoms with Gasteiger partial charge in [0.25, 0.3) is 21.0 Å². The third kappa shape index (κ3) is 3.24. The van der Waals surface area contributed by atoms with Gasteiger partial charge in [0.1, 0.15) is 5.82 Å². The van der Waals surface area contributed by atoms with E-state index in [1.54, 1.807) is 11.6 Å². The van der Waals surface area contributed by atoms with Crippen molar-refractivity contribution in [3.63, 3.8) is 0 Å². The molecule has 132 valence electrons. The SMILES string of the molecule is Cc1cnc2nc(S(=O)(=O)Nc3c(F)cccc3C(F)(F)F)nn2c1. The summed E-state index contributed by atoms with van der Waals surface area (Å²) in [7, 11) is -4.67. The Kier molecular flexibility index (Phi) is 3.86. The summed E-state index contributed by atoms with van der Waals surface area (Å²) in [4.78, 5) is 7.47. The largest absolute Gasteiger partial charge is 0.418 e. The molecule has 7 nitrogen and oxygen atoms in total. The number of anilines is 1. The second kappa shape index (κ2) is 5.65. The number of halogens is 4. The van der Waals surface area contributed by atoms with Gasteiger partial charge in [-0.3, -0.25) is 4.72 Å². The predicted molar refractivity (Wildman–Crippen MR) is 77.7 cm³/mol. The summed E-state index contributed by atoms with van der Waals surface area (Å²) in [6.07, 6.45) is -2.12. The number of nitrogens with zero attached hydrogens (tertiary/aromatic N) is 4. The van der Waals surface area contributed by atoms with Gasteiger partial charge in [-0.15, -0.1) is 5.10 Å². The van der Waals surface area contributed by atoms with Crippen molar-refractivity contribution in [1.29, 1.82) is 0 Å². The first kappa shape index (κ1) is 17.1. The average Bonchev–Trinajstić information content (AvgIpc) is 2.92. The first-order valence-corrected chi connectivity index (χ1v) is 8.14. The molecular weight excluding hydrogens is 366 g/mol. The minimum Gasteiger partial charge on any atom is -0.273 e. The molecule has 2 heterocycles. The van der Waals surface area contributed by atoms with Crippen LogP contribution in [0.15, 0.2) is 35.7 Å². The topological polar surface area (TPSA) is 89.2 Å². The Morgan fingerprint density at radius 1 is 1.24 bits per heavy atom. The Bertz CT molecular complexity index is 1060. The quantitative estimate of drug-likeness (QED) is 0.710. The first-order valence-electron chi connectivity index (χ1n) is 6.65. The number of aromatic nitrogens is 4. The van der Waals surface area contributed by atoms with Crippen molar-refractivity contribution >= 4 is 21.5 Å². The number of nitrogens with one attached hydrogen (secondary N) is 1. The molecular formula is C13H9F4N5O2S. The standard InChI is InChI=1S/C13H9F4N5O2S/c1-7-5-18-11-19-12(20-22(11)6-7)25(23,24)21-10-8(13(15,16)17)3-2-4-9(10)14/h2-6,21H,1H3. The highest BCUT2D eigenvalue weighted by atomic mass is 32.2. The third-order valence-corrected chi connectivity index (χ3v) is 4.23. The highest BCUT2D eigenvalue weighted by Gasteiger charge is 2.36. The monoisotopic (exact) mass is 375 g/mol. The molecule has 2 aromatic heterocycles. The summed E-state index contributed by atoms with van der Waals surface area (Å²) in [5.74, 6) is -1.45. The van der Waals surface area contributed by atoms with Crippen LogP contribution < -0.4 is 4.72 Å². The number of fused-ring (bicyclic) bond motifs is 1. The van der Waals surface area contributed by atoms with Gasteiger partial charge in [0.2, 0.25) is 0 Å². The second-order valence-electron chi connectivity index (χ2n) is 5.04. The van der Waals surface area contributed by atoms with Crippen molar-refractivity contribution in [3.05, 3.63) is 47.5 Å². The van der Waals surface area contributed by atoms with Crippen LogP contribution in [0.4, 0.5) is 23.2 Å². The fourth-order valence-electron chi connectivity index (χ4n) is 2.01. The zero-order valence-electron chi connectivity index (χ0n) is 12.4. The van der Waals surface area contributed by atoms with Gasteiger partial charge in [0.05, 0.1) is 11.3 Å². The summed E-state index contributed by atoms with van der Waals surface area (Å²) in [5.41, 5.74) is -2.03. The molecule has 0 radical (unpaired) electrons. The highest BCUT2D eigenvalue weighted by molar-refractivity contribution is 7.92. The van der Waals surface area contributed by atoms with Crippen molar-refractivity contribution in [3.8, 4) is 0 Å². The molecule has 3 aromatic rings. The summed E-state index contributed by atoms with van der Waals surface area (Å²) in [6, 6.07) is 2.09. The fourth-order valence-corrected chi connectivity index (χ4v) is 2.98. The van der Waals surface area contributed by atoms with Crippen LogP contribution in [0.5, 0.6) is 0 Å². The molecule has 0 atom stereocenters. The molecule has 3 rings (SSSR count). The van der Waals surface area contributed by atoms with E-state index in [0.717, 1.165) is 10.6 Å². The van der Waals surface area contributed by atoms with Gasteiger partial charge >= 0.3 is 6.18 Å². The molecule has 0 amide bonds. The number of benzene rings is 1. The lowest BCUT2D eigenvalue weighted by Gasteiger charge is -2.14. The van der Waals surface area contributed by atoms with Crippen LogP contribution in [0.2, 0.25) is 0 Å². The van der Waals surface area contributed by atoms with Crippen LogP contribution in [-0.2, 0) is 16.2 Å². The van der Waals surface area contributed by atoms with E-state index in [-0.39, 0.29) is 5.78 Å². The maximum absolute atomic E-state index is 13.8. The van der Waals surface area contributed by atoms with Gasteiger partial charge in [-0.1, -0.05) is 6.07 Å². The van der Waals surface area contributed by atoms with E-state index in [1.165, 1.54) is 12.4 Å². The van der Waals surface area contributed by atoms with Crippen LogP contribution in [0.1, 0.15) is 11.1 Å². The minimum absolute atomic E-state index is 0.0736. The van der Waals surface area contributed by atoms with Gasteiger partial charge in [0.15, 0.2) is 0 Å². The molecule has 1 aromatic carbocycles. The molecule has 0 saturated heterocycles. The molecule has 12 heteroatoms. The Balaban J connectivity index is 2.07. The second-order valence-corrected chi connectivity index (χ2v) is 6.61. The number of para-hydroxylation sites is 1. The van der Waals surface area contributed by atoms with Crippen molar-refractivity contribution in [2.75, 3.05) is 4.72 Å². The normalized spacial score (nSPS) is 12.5. The molecule has 0 unspecified atom stereocenters. The van der Waals surface area contributed by atoms with Crippen molar-refractivity contribution in [2.24, 2.45) is 0 Å². The van der Waals surface area contributed by atoms with Gasteiger partial charge in [-0.25, -0.2) is 13.9 Å². The maximum Gasteiger partial charge on any atom is 0.418 e. The third-order valence-electron chi connectivity index (χ3n) is 3.10. The van der Waals surface area contributed by atoms with E-state index in [2.05, 4.69) is 15.1 Å². The fraction of sp³-hybridized carbons (Fsp3) is 0.154. The highest BCUT2D eigenvalue weighted by Crippen LogP contribution is 2.36. The predicted octanol–water partition coefficient (Wildman–Crippen LogP) is 2.39. The van der Waals surface area contributed by atoms with E-state index in [1.807, 2.05) is 0 Å². The molecule has 0 saturated carbocycles. The maximum atomic E-state index is 13.8. The number of sulfonamides is 1. The minimum atomic E-state index is -4.95. The van der Waals surface area contributed by atoms with E-state index in [0.29, 0.717) is 17.7 Å². The number of aryl methyl sites for hydroxylation is 1. The van der Waals surface area contributed by atoms with Gasteiger partial charge in [0, 0.05) is 12.4 Å². The number of hydrogen-bond donors (Lipinski definition) is 1. The van der Waals surface area contributed by atoms with E-state index in [9.17, 15) is 26.0 Å². The van der Waals surface area contributed by atoms with Crippen LogP contribution in [0.3, 0.4) is 0 Å². The van der Waals surface area contributed by atoms with Gasteiger partial charge in [-0.05, 0) is 24.6 Å². The Morgan fingerprint density at radius 3 is 2.64 bits per heavy atom. The number of hydrogen-bond acceptors (Lipinski definition) is 5. The number of alkyl halides is 3. The first-order chi connectivity index (χ1) is 11.6. The lowest BCUT2D eigenvalue weighted by atomic mass is 10.1. The molecule has 0 bridgehead atoms. The van der Waals surface area contributed by atoms with E-state index in [4.69, 9.17) is 0 Å². The zero-order chi connectivity index (χ0) is 18.4. The Morgan fingerprint density at radius 2 is 1.96 bits per heavy atom. The summed E-state index contributed by atoms with van der Waals surface area (Å²) >= 11 is 0.